The number of likely N-dealkylation sites (tertiary alicyclic amines) is 1. The Kier molecular flexibility index (Phi) is 4.82. The number of rotatable bonds is 3. The second-order valence-electron chi connectivity index (χ2n) is 7.24. The number of imidazole rings is 1. The Morgan fingerprint density at radius 1 is 1.14 bits per heavy atom. The molecule has 0 bridgehead atoms. The van der Waals surface area contributed by atoms with Gasteiger partial charge in [0.1, 0.15) is 17.2 Å². The minimum Gasteiger partial charge on any atom is -0.330 e. The molecule has 1 saturated heterocycles. The number of piperidine rings is 1. The molecule has 3 heterocycles. The van der Waals surface area contributed by atoms with Crippen LogP contribution in [0.15, 0.2) is 36.7 Å². The summed E-state index contributed by atoms with van der Waals surface area (Å²) in [6.45, 7) is 2.01. The Balaban J connectivity index is 1.45. The van der Waals surface area contributed by atoms with E-state index in [1.807, 2.05) is 17.7 Å². The number of hydrogen-bond donors (Lipinski definition) is 0. The fourth-order valence-corrected chi connectivity index (χ4v) is 3.88. The highest BCUT2D eigenvalue weighted by molar-refractivity contribution is 5.74. The topological polar surface area (TPSA) is 34.0 Å². The molecule has 1 aliphatic rings. The van der Waals surface area contributed by atoms with Crippen LogP contribution in [0.2, 0.25) is 0 Å². The maximum Gasteiger partial charge on any atom is 0.416 e. The van der Waals surface area contributed by atoms with Crippen LogP contribution in [0.1, 0.15) is 35.7 Å². The zero-order valence-electron chi connectivity index (χ0n) is 15.4. The summed E-state index contributed by atoms with van der Waals surface area (Å²) in [5.74, 6) is 0.143. The van der Waals surface area contributed by atoms with Crippen molar-refractivity contribution in [3.63, 3.8) is 0 Å². The summed E-state index contributed by atoms with van der Waals surface area (Å²) >= 11 is 0. The molecule has 1 aromatic carbocycles. The lowest BCUT2D eigenvalue weighted by Crippen LogP contribution is -2.33. The molecule has 0 spiro atoms. The van der Waals surface area contributed by atoms with Crippen LogP contribution < -0.4 is 0 Å². The van der Waals surface area contributed by atoms with E-state index < -0.39 is 17.6 Å². The van der Waals surface area contributed by atoms with Crippen molar-refractivity contribution < 1.29 is 17.6 Å². The number of alkyl halides is 3. The highest BCUT2D eigenvalue weighted by atomic mass is 19.4. The average molecular weight is 392 g/mol. The predicted octanol–water partition coefficient (Wildman–Crippen LogP) is 4.51. The van der Waals surface area contributed by atoms with Gasteiger partial charge < -0.3 is 4.57 Å². The van der Waals surface area contributed by atoms with Gasteiger partial charge >= 0.3 is 6.18 Å². The minimum absolute atomic E-state index is 0.170. The molecule has 0 radical (unpaired) electrons. The van der Waals surface area contributed by atoms with E-state index in [0.29, 0.717) is 32.5 Å². The molecule has 2 aromatic heterocycles. The second kappa shape index (κ2) is 7.16. The molecule has 4 rings (SSSR count). The van der Waals surface area contributed by atoms with Crippen LogP contribution in [-0.2, 0) is 19.8 Å². The molecule has 0 unspecified atom stereocenters. The summed E-state index contributed by atoms with van der Waals surface area (Å²) in [6.07, 6.45) is 0.218. The molecule has 3 aromatic rings. The monoisotopic (exact) mass is 392 g/mol. The van der Waals surface area contributed by atoms with E-state index in [2.05, 4.69) is 14.9 Å². The molecule has 0 aliphatic carbocycles. The van der Waals surface area contributed by atoms with Crippen molar-refractivity contribution in [2.45, 2.75) is 31.5 Å². The lowest BCUT2D eigenvalue weighted by atomic mass is 9.88. The molecule has 1 aliphatic heterocycles. The summed E-state index contributed by atoms with van der Waals surface area (Å²) in [7, 11) is 1.95. The minimum atomic E-state index is -4.46. The Bertz CT molecular complexity index is 988. The number of fused-ring (bicyclic) bond motifs is 1. The van der Waals surface area contributed by atoms with Gasteiger partial charge in [0.15, 0.2) is 0 Å². The molecule has 28 heavy (non-hydrogen) atoms. The van der Waals surface area contributed by atoms with Crippen LogP contribution in [0, 0.1) is 5.82 Å². The van der Waals surface area contributed by atoms with E-state index in [0.717, 1.165) is 35.1 Å². The van der Waals surface area contributed by atoms with E-state index in [1.54, 1.807) is 12.4 Å². The maximum absolute atomic E-state index is 14.2. The summed E-state index contributed by atoms with van der Waals surface area (Å²) in [5, 5.41) is 0. The van der Waals surface area contributed by atoms with E-state index in [1.165, 1.54) is 0 Å². The Labute approximate surface area is 159 Å². The van der Waals surface area contributed by atoms with Crippen molar-refractivity contribution in [2.24, 2.45) is 7.05 Å². The molecule has 8 heteroatoms. The molecule has 0 amide bonds. The van der Waals surface area contributed by atoms with Gasteiger partial charge in [0.2, 0.25) is 0 Å². The smallest absolute Gasteiger partial charge is 0.330 e. The first-order valence-corrected chi connectivity index (χ1v) is 9.17. The molecular weight excluding hydrogens is 372 g/mol. The van der Waals surface area contributed by atoms with Gasteiger partial charge in [-0.15, -0.1) is 0 Å². The van der Waals surface area contributed by atoms with Crippen molar-refractivity contribution in [2.75, 3.05) is 13.1 Å². The Morgan fingerprint density at radius 3 is 2.57 bits per heavy atom. The van der Waals surface area contributed by atoms with Crippen LogP contribution in [-0.4, -0.2) is 32.5 Å². The van der Waals surface area contributed by atoms with Crippen molar-refractivity contribution in [3.05, 3.63) is 59.4 Å². The number of benzene rings is 1. The summed E-state index contributed by atoms with van der Waals surface area (Å²) in [6, 6.07) is 4.61. The standard InChI is InChI=1S/C20H20F4N4/c1-27-18-4-7-25-11-17(18)26-19(27)12-28-8-5-13(6-9-28)15-10-14(20(22,23)24)2-3-16(15)21/h2-4,7,10-11,13H,5-6,8-9,12H2,1H3. The number of hydrogen-bond acceptors (Lipinski definition) is 3. The van der Waals surface area contributed by atoms with Crippen LogP contribution in [0.25, 0.3) is 11.0 Å². The fraction of sp³-hybridized carbons (Fsp3) is 0.400. The van der Waals surface area contributed by atoms with Crippen molar-refractivity contribution >= 4 is 11.0 Å². The van der Waals surface area contributed by atoms with Gasteiger partial charge in [-0.3, -0.25) is 9.88 Å². The van der Waals surface area contributed by atoms with Crippen LogP contribution in [0.4, 0.5) is 17.6 Å². The van der Waals surface area contributed by atoms with Crippen LogP contribution >= 0.6 is 0 Å². The van der Waals surface area contributed by atoms with Crippen molar-refractivity contribution in [1.82, 2.24) is 19.4 Å². The van der Waals surface area contributed by atoms with E-state index >= 15 is 0 Å². The number of aryl methyl sites for hydroxylation is 1. The molecule has 0 atom stereocenters. The quantitative estimate of drug-likeness (QED) is 0.616. The highest BCUT2D eigenvalue weighted by Gasteiger charge is 2.32. The predicted molar refractivity (Wildman–Crippen MR) is 97.2 cm³/mol. The first-order chi connectivity index (χ1) is 13.3. The largest absolute Gasteiger partial charge is 0.416 e. The third-order valence-electron chi connectivity index (χ3n) is 5.49. The number of aromatic nitrogens is 3. The fourth-order valence-electron chi connectivity index (χ4n) is 3.88. The van der Waals surface area contributed by atoms with E-state index in [9.17, 15) is 17.6 Å². The first-order valence-electron chi connectivity index (χ1n) is 9.17. The molecular formula is C20H20F4N4. The third kappa shape index (κ3) is 3.61. The van der Waals surface area contributed by atoms with Gasteiger partial charge in [-0.05, 0) is 61.7 Å². The summed E-state index contributed by atoms with van der Waals surface area (Å²) < 4.78 is 55.0. The van der Waals surface area contributed by atoms with Crippen LogP contribution in [0.5, 0.6) is 0 Å². The number of halogens is 4. The van der Waals surface area contributed by atoms with Crippen molar-refractivity contribution in [3.8, 4) is 0 Å². The highest BCUT2D eigenvalue weighted by Crippen LogP contribution is 2.35. The zero-order valence-corrected chi connectivity index (χ0v) is 15.4. The molecule has 148 valence electrons. The average Bonchev–Trinajstić information content (AvgIpc) is 2.98. The van der Waals surface area contributed by atoms with Gasteiger partial charge in [-0.1, -0.05) is 0 Å². The van der Waals surface area contributed by atoms with Gasteiger partial charge in [-0.2, -0.15) is 13.2 Å². The van der Waals surface area contributed by atoms with Crippen molar-refractivity contribution in [1.29, 1.82) is 0 Å². The van der Waals surface area contributed by atoms with Gasteiger partial charge in [0, 0.05) is 13.2 Å². The second-order valence-corrected chi connectivity index (χ2v) is 7.24. The third-order valence-corrected chi connectivity index (χ3v) is 5.49. The number of nitrogens with zero attached hydrogens (tertiary/aromatic N) is 4. The SMILES string of the molecule is Cn1c(CN2CCC(c3cc(C(F)(F)F)ccc3F)CC2)nc2cnccc21. The molecule has 0 N–H and O–H groups in total. The van der Waals surface area contributed by atoms with Crippen LogP contribution in [0.3, 0.4) is 0 Å². The number of pyridine rings is 1. The van der Waals surface area contributed by atoms with E-state index in [4.69, 9.17) is 0 Å². The molecule has 1 fully saturated rings. The molecule has 0 saturated carbocycles. The van der Waals surface area contributed by atoms with Gasteiger partial charge in [-0.25, -0.2) is 9.37 Å². The van der Waals surface area contributed by atoms with Gasteiger partial charge in [0.05, 0.1) is 23.8 Å². The molecule has 4 nitrogen and oxygen atoms in total. The van der Waals surface area contributed by atoms with E-state index in [-0.39, 0.29) is 11.5 Å². The lowest BCUT2D eigenvalue weighted by Gasteiger charge is -2.32. The summed E-state index contributed by atoms with van der Waals surface area (Å²) in [5.41, 5.74) is 1.22. The van der Waals surface area contributed by atoms with Gasteiger partial charge in [0.25, 0.3) is 0 Å². The lowest BCUT2D eigenvalue weighted by molar-refractivity contribution is -0.137. The Morgan fingerprint density at radius 2 is 1.89 bits per heavy atom. The maximum atomic E-state index is 14.2. The Hall–Kier alpha value is -2.48. The normalized spacial score (nSPS) is 16.8. The zero-order chi connectivity index (χ0) is 19.9. The summed E-state index contributed by atoms with van der Waals surface area (Å²) in [4.78, 5) is 10.9. The first kappa shape index (κ1) is 18.9.